The molecule has 0 spiro atoms. The van der Waals surface area contributed by atoms with Gasteiger partial charge in [0.25, 0.3) is 0 Å². The van der Waals surface area contributed by atoms with Gasteiger partial charge in [-0.05, 0) is 37.8 Å². The summed E-state index contributed by atoms with van der Waals surface area (Å²) in [7, 11) is 0. The molecule has 2 heterocycles. The molecule has 1 N–H and O–H groups in total. The fourth-order valence-electron chi connectivity index (χ4n) is 3.70. The van der Waals surface area contributed by atoms with Crippen LogP contribution in [0.3, 0.4) is 0 Å². The lowest BCUT2D eigenvalue weighted by Gasteiger charge is -2.25. The Morgan fingerprint density at radius 2 is 1.73 bits per heavy atom. The zero-order valence-corrected chi connectivity index (χ0v) is 14.9. The first-order chi connectivity index (χ1) is 12.8. The molecule has 1 aliphatic carbocycles. The largest absolute Gasteiger partial charge is 0.367 e. The Morgan fingerprint density at radius 1 is 0.962 bits per heavy atom. The fourth-order valence-corrected chi connectivity index (χ4v) is 3.70. The number of hydrogen-bond acceptors (Lipinski definition) is 4. The van der Waals surface area contributed by atoms with Crippen LogP contribution >= 0.6 is 0 Å². The molecule has 1 saturated carbocycles. The predicted molar refractivity (Wildman–Crippen MR) is 106 cm³/mol. The second-order valence-corrected chi connectivity index (χ2v) is 7.27. The van der Waals surface area contributed by atoms with Crippen LogP contribution < -0.4 is 10.2 Å². The van der Waals surface area contributed by atoms with E-state index in [1.54, 1.807) is 0 Å². The predicted octanol–water partition coefficient (Wildman–Crippen LogP) is 4.80. The van der Waals surface area contributed by atoms with Crippen molar-refractivity contribution in [1.29, 1.82) is 0 Å². The monoisotopic (exact) mass is 342 g/mol. The van der Waals surface area contributed by atoms with Gasteiger partial charge in [-0.1, -0.05) is 48.5 Å². The van der Waals surface area contributed by atoms with Gasteiger partial charge in [-0.3, -0.25) is 0 Å². The number of rotatable bonds is 4. The van der Waals surface area contributed by atoms with Crippen molar-refractivity contribution in [3.8, 4) is 11.4 Å². The van der Waals surface area contributed by atoms with Crippen LogP contribution in [-0.2, 0) is 6.42 Å². The smallest absolute Gasteiger partial charge is 0.163 e. The minimum Gasteiger partial charge on any atom is -0.367 e. The highest BCUT2D eigenvalue weighted by molar-refractivity contribution is 5.72. The van der Waals surface area contributed by atoms with Gasteiger partial charge in [0.1, 0.15) is 11.6 Å². The number of aromatic nitrogens is 2. The van der Waals surface area contributed by atoms with Crippen LogP contribution in [0.2, 0.25) is 0 Å². The summed E-state index contributed by atoms with van der Waals surface area (Å²) in [6, 6.07) is 21.9. The van der Waals surface area contributed by atoms with E-state index in [-0.39, 0.29) is 0 Å². The van der Waals surface area contributed by atoms with Gasteiger partial charge in [-0.15, -0.1) is 0 Å². The molecule has 130 valence electrons. The highest BCUT2D eigenvalue weighted by Crippen LogP contribution is 2.38. The van der Waals surface area contributed by atoms with Crippen molar-refractivity contribution in [2.24, 2.45) is 0 Å². The highest BCUT2D eigenvalue weighted by atomic mass is 15.2. The van der Waals surface area contributed by atoms with Crippen molar-refractivity contribution < 1.29 is 0 Å². The summed E-state index contributed by atoms with van der Waals surface area (Å²) in [6.45, 7) is 2.26. The highest BCUT2D eigenvalue weighted by Gasteiger charge is 2.29. The summed E-state index contributed by atoms with van der Waals surface area (Å²) >= 11 is 0. The van der Waals surface area contributed by atoms with Gasteiger partial charge in [0.05, 0.1) is 0 Å². The summed E-state index contributed by atoms with van der Waals surface area (Å²) in [6.07, 6.45) is 3.50. The maximum absolute atomic E-state index is 4.94. The van der Waals surface area contributed by atoms with Crippen LogP contribution in [0.25, 0.3) is 11.4 Å². The van der Waals surface area contributed by atoms with Crippen LogP contribution in [0.5, 0.6) is 0 Å². The average Bonchev–Trinajstić information content (AvgIpc) is 3.41. The summed E-state index contributed by atoms with van der Waals surface area (Å²) in [5, 5.41) is 3.55. The maximum Gasteiger partial charge on any atom is 0.163 e. The minimum absolute atomic E-state index is 0.389. The summed E-state index contributed by atoms with van der Waals surface area (Å²) in [4.78, 5) is 12.1. The normalized spacial score (nSPS) is 18.7. The van der Waals surface area contributed by atoms with E-state index >= 15 is 0 Å². The first kappa shape index (κ1) is 15.4. The fraction of sp³-hybridized carbons (Fsp3) is 0.273. The third kappa shape index (κ3) is 2.81. The number of para-hydroxylation sites is 1. The molecule has 1 fully saturated rings. The van der Waals surface area contributed by atoms with Crippen LogP contribution in [-0.4, -0.2) is 22.1 Å². The Balaban J connectivity index is 1.61. The lowest BCUT2D eigenvalue weighted by Crippen LogP contribution is -2.25. The number of benzene rings is 2. The Bertz CT molecular complexity index is 934. The van der Waals surface area contributed by atoms with E-state index in [2.05, 4.69) is 59.6 Å². The van der Waals surface area contributed by atoms with Crippen LogP contribution in [0.4, 0.5) is 17.3 Å². The van der Waals surface area contributed by atoms with Gasteiger partial charge in [-0.25, -0.2) is 9.97 Å². The Kier molecular flexibility index (Phi) is 3.63. The molecule has 2 aliphatic rings. The number of anilines is 3. The molecule has 5 rings (SSSR count). The Morgan fingerprint density at radius 3 is 2.54 bits per heavy atom. The molecule has 0 bridgehead atoms. The quantitative estimate of drug-likeness (QED) is 0.739. The number of fused-ring (bicyclic) bond motifs is 1. The molecule has 1 aromatic heterocycles. The topological polar surface area (TPSA) is 41.0 Å². The third-order valence-corrected chi connectivity index (χ3v) is 5.13. The van der Waals surface area contributed by atoms with Gasteiger partial charge >= 0.3 is 0 Å². The second kappa shape index (κ2) is 6.13. The minimum atomic E-state index is 0.389. The zero-order chi connectivity index (χ0) is 17.5. The molecule has 4 nitrogen and oxygen atoms in total. The Hall–Kier alpha value is -2.88. The molecule has 0 amide bonds. The standard InChI is InChI=1S/C22H22N4/c1-15-13-17-9-5-6-10-19(17)26(15)21-14-20(23-18-11-12-18)24-22(25-21)16-7-3-2-4-8-16/h2-10,14-15,18H,11-13H2,1H3,(H,23,24,25). The van der Waals surface area contributed by atoms with E-state index in [9.17, 15) is 0 Å². The molecule has 2 aromatic carbocycles. The van der Waals surface area contributed by atoms with Crippen molar-refractivity contribution in [2.75, 3.05) is 10.2 Å². The molecule has 1 atom stereocenters. The molecular weight excluding hydrogens is 320 g/mol. The molecule has 0 saturated heterocycles. The zero-order valence-electron chi connectivity index (χ0n) is 14.9. The molecule has 3 aromatic rings. The third-order valence-electron chi connectivity index (χ3n) is 5.13. The van der Waals surface area contributed by atoms with E-state index < -0.39 is 0 Å². The second-order valence-electron chi connectivity index (χ2n) is 7.27. The summed E-state index contributed by atoms with van der Waals surface area (Å²) < 4.78 is 0. The first-order valence-corrected chi connectivity index (χ1v) is 9.36. The average molecular weight is 342 g/mol. The summed E-state index contributed by atoms with van der Waals surface area (Å²) in [5.74, 6) is 2.68. The van der Waals surface area contributed by atoms with E-state index in [0.29, 0.717) is 12.1 Å². The van der Waals surface area contributed by atoms with Gasteiger partial charge in [-0.2, -0.15) is 0 Å². The van der Waals surface area contributed by atoms with E-state index in [1.165, 1.54) is 24.1 Å². The van der Waals surface area contributed by atoms with E-state index in [1.807, 2.05) is 18.2 Å². The molecular formula is C22H22N4. The van der Waals surface area contributed by atoms with Crippen molar-refractivity contribution in [3.05, 3.63) is 66.2 Å². The van der Waals surface area contributed by atoms with E-state index in [0.717, 1.165) is 29.4 Å². The molecule has 1 unspecified atom stereocenters. The van der Waals surface area contributed by atoms with Crippen molar-refractivity contribution in [1.82, 2.24) is 9.97 Å². The van der Waals surface area contributed by atoms with Crippen LogP contribution in [0.1, 0.15) is 25.3 Å². The number of nitrogens with zero attached hydrogens (tertiary/aromatic N) is 3. The van der Waals surface area contributed by atoms with Crippen LogP contribution in [0, 0.1) is 0 Å². The molecule has 1 aliphatic heterocycles. The Labute approximate surface area is 153 Å². The van der Waals surface area contributed by atoms with Gasteiger partial charge < -0.3 is 10.2 Å². The maximum atomic E-state index is 4.94. The lowest BCUT2D eigenvalue weighted by atomic mass is 10.1. The molecule has 26 heavy (non-hydrogen) atoms. The van der Waals surface area contributed by atoms with Gasteiger partial charge in [0, 0.05) is 29.4 Å². The molecule has 0 radical (unpaired) electrons. The summed E-state index contributed by atoms with van der Waals surface area (Å²) in [5.41, 5.74) is 3.69. The first-order valence-electron chi connectivity index (χ1n) is 9.36. The van der Waals surface area contributed by atoms with Crippen LogP contribution in [0.15, 0.2) is 60.7 Å². The van der Waals surface area contributed by atoms with Gasteiger partial charge in [0.15, 0.2) is 5.82 Å². The van der Waals surface area contributed by atoms with Gasteiger partial charge in [0.2, 0.25) is 0 Å². The lowest BCUT2D eigenvalue weighted by molar-refractivity contribution is 0.749. The number of nitrogens with one attached hydrogen (secondary N) is 1. The van der Waals surface area contributed by atoms with Crippen molar-refractivity contribution in [2.45, 2.75) is 38.3 Å². The van der Waals surface area contributed by atoms with Crippen molar-refractivity contribution in [3.63, 3.8) is 0 Å². The van der Waals surface area contributed by atoms with E-state index in [4.69, 9.17) is 9.97 Å². The molecule has 4 heteroatoms. The number of hydrogen-bond donors (Lipinski definition) is 1. The van der Waals surface area contributed by atoms with Crippen molar-refractivity contribution >= 4 is 17.3 Å². The SMILES string of the molecule is CC1Cc2ccccc2N1c1cc(NC2CC2)nc(-c2ccccc2)n1.